The highest BCUT2D eigenvalue weighted by Crippen LogP contribution is 2.33. The first-order valence-corrected chi connectivity index (χ1v) is 8.43. The average molecular weight is 418 g/mol. The van der Waals surface area contributed by atoms with Crippen molar-refractivity contribution in [2.24, 2.45) is 0 Å². The van der Waals surface area contributed by atoms with E-state index >= 15 is 0 Å². The molecule has 0 aliphatic heterocycles. The normalized spacial score (nSPS) is 10.4. The quantitative estimate of drug-likeness (QED) is 0.661. The molecular weight excluding hydrogens is 402 g/mol. The Balaban J connectivity index is 1.74. The van der Waals surface area contributed by atoms with Crippen molar-refractivity contribution in [1.29, 1.82) is 0 Å². The van der Waals surface area contributed by atoms with Gasteiger partial charge in [-0.25, -0.2) is 4.68 Å². The van der Waals surface area contributed by atoms with Gasteiger partial charge in [-0.1, -0.05) is 22.0 Å². The Morgan fingerprint density at radius 3 is 2.65 bits per heavy atom. The van der Waals surface area contributed by atoms with Crippen LogP contribution in [0.2, 0.25) is 0 Å². The summed E-state index contributed by atoms with van der Waals surface area (Å²) >= 11 is 3.48. The summed E-state index contributed by atoms with van der Waals surface area (Å²) in [5, 5.41) is 13.9. The lowest BCUT2D eigenvalue weighted by molar-refractivity contribution is 0.0950. The van der Waals surface area contributed by atoms with Gasteiger partial charge in [0.1, 0.15) is 6.33 Å². The molecule has 1 heterocycles. The van der Waals surface area contributed by atoms with Gasteiger partial charge in [0.25, 0.3) is 5.91 Å². The standard InChI is InChI=1S/C17H16BrN5O3/c1-25-15-7-12(14(18)8-16(15)26-2)9-19-17(24)11-4-3-5-13(6-11)23-10-20-21-22-23/h3-8,10H,9H2,1-2H3,(H,19,24). The van der Waals surface area contributed by atoms with Crippen molar-refractivity contribution in [3.05, 3.63) is 58.3 Å². The topological polar surface area (TPSA) is 91.2 Å². The monoisotopic (exact) mass is 417 g/mol. The molecule has 0 radical (unpaired) electrons. The smallest absolute Gasteiger partial charge is 0.251 e. The first-order chi connectivity index (χ1) is 12.6. The molecule has 0 aliphatic rings. The van der Waals surface area contributed by atoms with E-state index < -0.39 is 0 Å². The van der Waals surface area contributed by atoms with Crippen LogP contribution in [-0.2, 0) is 6.54 Å². The number of amides is 1. The lowest BCUT2D eigenvalue weighted by atomic mass is 10.1. The number of halogens is 1. The summed E-state index contributed by atoms with van der Waals surface area (Å²) in [5.74, 6) is 1.01. The number of carbonyl (C=O) groups excluding carboxylic acids is 1. The fraction of sp³-hybridized carbons (Fsp3) is 0.176. The maximum Gasteiger partial charge on any atom is 0.251 e. The predicted octanol–water partition coefficient (Wildman–Crippen LogP) is 2.37. The SMILES string of the molecule is COc1cc(Br)c(CNC(=O)c2cccc(-n3cnnn3)c2)cc1OC. The summed E-state index contributed by atoms with van der Waals surface area (Å²) in [6, 6.07) is 10.7. The van der Waals surface area contributed by atoms with E-state index in [2.05, 4.69) is 36.8 Å². The number of methoxy groups -OCH3 is 2. The predicted molar refractivity (Wildman–Crippen MR) is 97.6 cm³/mol. The Hall–Kier alpha value is -2.94. The Bertz CT molecular complexity index is 915. The van der Waals surface area contributed by atoms with E-state index in [4.69, 9.17) is 9.47 Å². The molecule has 1 N–H and O–H groups in total. The molecule has 2 aromatic carbocycles. The second kappa shape index (κ2) is 7.96. The second-order valence-corrected chi connectivity index (χ2v) is 6.14. The van der Waals surface area contributed by atoms with Crippen LogP contribution in [0.1, 0.15) is 15.9 Å². The summed E-state index contributed by atoms with van der Waals surface area (Å²) in [4.78, 5) is 12.5. The highest BCUT2D eigenvalue weighted by molar-refractivity contribution is 9.10. The third-order valence-corrected chi connectivity index (χ3v) is 4.45. The molecular formula is C17H16BrN5O3. The van der Waals surface area contributed by atoms with Gasteiger partial charge in [0.05, 0.1) is 19.9 Å². The summed E-state index contributed by atoms with van der Waals surface area (Å²) < 4.78 is 12.9. The fourth-order valence-corrected chi connectivity index (χ4v) is 2.84. The van der Waals surface area contributed by atoms with Crippen LogP contribution in [0.25, 0.3) is 5.69 Å². The molecule has 0 atom stereocenters. The number of carbonyl (C=O) groups is 1. The molecule has 26 heavy (non-hydrogen) atoms. The first-order valence-electron chi connectivity index (χ1n) is 7.64. The van der Waals surface area contributed by atoms with E-state index in [1.54, 1.807) is 38.5 Å². The average Bonchev–Trinajstić information content (AvgIpc) is 3.21. The number of nitrogens with one attached hydrogen (secondary N) is 1. The summed E-state index contributed by atoms with van der Waals surface area (Å²) in [6.45, 7) is 0.328. The van der Waals surface area contributed by atoms with E-state index in [0.29, 0.717) is 29.3 Å². The number of aromatic nitrogens is 4. The van der Waals surface area contributed by atoms with Gasteiger partial charge in [-0.2, -0.15) is 0 Å². The summed E-state index contributed by atoms with van der Waals surface area (Å²) in [6.07, 6.45) is 1.47. The largest absolute Gasteiger partial charge is 0.493 e. The van der Waals surface area contributed by atoms with E-state index in [1.807, 2.05) is 12.1 Å². The van der Waals surface area contributed by atoms with Gasteiger partial charge in [0.15, 0.2) is 11.5 Å². The number of nitrogens with zero attached hydrogens (tertiary/aromatic N) is 4. The molecule has 8 nitrogen and oxygen atoms in total. The third-order valence-electron chi connectivity index (χ3n) is 3.71. The lowest BCUT2D eigenvalue weighted by Crippen LogP contribution is -2.23. The van der Waals surface area contributed by atoms with Crippen molar-refractivity contribution < 1.29 is 14.3 Å². The van der Waals surface area contributed by atoms with Gasteiger partial charge in [-0.15, -0.1) is 5.10 Å². The first kappa shape index (κ1) is 17.9. The number of hydrogen-bond donors (Lipinski definition) is 1. The highest BCUT2D eigenvalue weighted by Gasteiger charge is 2.12. The molecule has 0 aliphatic carbocycles. The lowest BCUT2D eigenvalue weighted by Gasteiger charge is -2.13. The van der Waals surface area contributed by atoms with Gasteiger partial charge >= 0.3 is 0 Å². The maximum absolute atomic E-state index is 12.5. The zero-order valence-electron chi connectivity index (χ0n) is 14.1. The van der Waals surface area contributed by atoms with Crippen LogP contribution in [0, 0.1) is 0 Å². The van der Waals surface area contributed by atoms with E-state index in [0.717, 1.165) is 10.0 Å². The van der Waals surface area contributed by atoms with Gasteiger partial charge in [0, 0.05) is 16.6 Å². The molecule has 0 spiro atoms. The van der Waals surface area contributed by atoms with Crippen LogP contribution in [0.15, 0.2) is 47.2 Å². The molecule has 3 aromatic rings. The van der Waals surface area contributed by atoms with Crippen LogP contribution in [0.4, 0.5) is 0 Å². The Kier molecular flexibility index (Phi) is 5.47. The van der Waals surface area contributed by atoms with Crippen LogP contribution in [-0.4, -0.2) is 40.3 Å². The number of ether oxygens (including phenoxy) is 2. The molecule has 3 rings (SSSR count). The maximum atomic E-state index is 12.5. The zero-order chi connectivity index (χ0) is 18.5. The molecule has 0 fully saturated rings. The van der Waals surface area contributed by atoms with E-state index in [9.17, 15) is 4.79 Å². The van der Waals surface area contributed by atoms with Crippen molar-refractivity contribution in [2.45, 2.75) is 6.54 Å². The third kappa shape index (κ3) is 3.83. The fourth-order valence-electron chi connectivity index (χ4n) is 2.38. The highest BCUT2D eigenvalue weighted by atomic mass is 79.9. The zero-order valence-corrected chi connectivity index (χ0v) is 15.7. The molecule has 9 heteroatoms. The van der Waals surface area contributed by atoms with Crippen LogP contribution in [0.3, 0.4) is 0 Å². The van der Waals surface area contributed by atoms with Crippen molar-refractivity contribution in [3.8, 4) is 17.2 Å². The Labute approximate surface area is 158 Å². The minimum Gasteiger partial charge on any atom is -0.493 e. The van der Waals surface area contributed by atoms with Gasteiger partial charge in [0.2, 0.25) is 0 Å². The summed E-state index contributed by atoms with van der Waals surface area (Å²) in [5.41, 5.74) is 2.08. The Morgan fingerprint density at radius 1 is 1.19 bits per heavy atom. The minimum atomic E-state index is -0.207. The Morgan fingerprint density at radius 2 is 1.96 bits per heavy atom. The van der Waals surface area contributed by atoms with E-state index in [-0.39, 0.29) is 5.91 Å². The molecule has 0 bridgehead atoms. The minimum absolute atomic E-state index is 0.207. The van der Waals surface area contributed by atoms with Crippen molar-refractivity contribution in [1.82, 2.24) is 25.5 Å². The number of hydrogen-bond acceptors (Lipinski definition) is 6. The summed E-state index contributed by atoms with van der Waals surface area (Å²) in [7, 11) is 3.14. The number of benzene rings is 2. The number of tetrazole rings is 1. The van der Waals surface area contributed by atoms with Gasteiger partial charge in [-0.05, 0) is 46.3 Å². The van der Waals surface area contributed by atoms with Gasteiger partial charge < -0.3 is 14.8 Å². The molecule has 0 saturated carbocycles. The second-order valence-electron chi connectivity index (χ2n) is 5.29. The molecule has 1 amide bonds. The number of rotatable bonds is 6. The van der Waals surface area contributed by atoms with Crippen molar-refractivity contribution >= 4 is 21.8 Å². The van der Waals surface area contributed by atoms with Gasteiger partial charge in [-0.3, -0.25) is 4.79 Å². The van der Waals surface area contributed by atoms with Crippen molar-refractivity contribution in [2.75, 3.05) is 14.2 Å². The van der Waals surface area contributed by atoms with Crippen LogP contribution < -0.4 is 14.8 Å². The molecule has 0 saturated heterocycles. The molecule has 0 unspecified atom stereocenters. The van der Waals surface area contributed by atoms with E-state index in [1.165, 1.54) is 11.0 Å². The van der Waals surface area contributed by atoms with Crippen LogP contribution >= 0.6 is 15.9 Å². The van der Waals surface area contributed by atoms with Crippen LogP contribution in [0.5, 0.6) is 11.5 Å². The van der Waals surface area contributed by atoms with Crippen molar-refractivity contribution in [3.63, 3.8) is 0 Å². The molecule has 134 valence electrons. The molecule has 1 aromatic heterocycles.